The molecule has 0 spiro atoms. The van der Waals surface area contributed by atoms with Crippen molar-refractivity contribution in [1.82, 2.24) is 10.6 Å². The van der Waals surface area contributed by atoms with Gasteiger partial charge in [-0.15, -0.1) is 0 Å². The van der Waals surface area contributed by atoms with Crippen LogP contribution in [-0.4, -0.2) is 23.9 Å². The van der Waals surface area contributed by atoms with Gasteiger partial charge in [-0.2, -0.15) is 0 Å². The lowest BCUT2D eigenvalue weighted by Crippen LogP contribution is -2.57. The van der Waals surface area contributed by atoms with E-state index in [2.05, 4.69) is 17.6 Å². The fourth-order valence-corrected chi connectivity index (χ4v) is 5.60. The first-order valence-electron chi connectivity index (χ1n) is 8.65. The lowest BCUT2D eigenvalue weighted by molar-refractivity contribution is -0.141. The van der Waals surface area contributed by atoms with E-state index in [4.69, 9.17) is 0 Å². The first kappa shape index (κ1) is 13.6. The van der Waals surface area contributed by atoms with Crippen molar-refractivity contribution in [3.8, 4) is 0 Å². The molecule has 1 atom stereocenters. The van der Waals surface area contributed by atoms with Crippen molar-refractivity contribution in [2.24, 2.45) is 23.2 Å². The van der Waals surface area contributed by atoms with E-state index in [1.54, 1.807) is 0 Å². The minimum atomic E-state index is -0.436. The summed E-state index contributed by atoms with van der Waals surface area (Å²) in [6.45, 7) is 2.12. The maximum Gasteiger partial charge on any atom is 0.309 e. The molecule has 2 N–H and O–H groups in total. The predicted octanol–water partition coefficient (Wildman–Crippen LogP) is 1.99. The monoisotopic (exact) mass is 290 g/mol. The fourth-order valence-electron chi connectivity index (χ4n) is 5.60. The van der Waals surface area contributed by atoms with Gasteiger partial charge in [-0.25, -0.2) is 0 Å². The van der Waals surface area contributed by atoms with Crippen LogP contribution in [0, 0.1) is 23.2 Å². The highest BCUT2D eigenvalue weighted by Crippen LogP contribution is 2.61. The van der Waals surface area contributed by atoms with Crippen LogP contribution in [0.1, 0.15) is 58.3 Å². The topological polar surface area (TPSA) is 58.2 Å². The number of hydrogen-bond donors (Lipinski definition) is 2. The number of rotatable bonds is 3. The summed E-state index contributed by atoms with van der Waals surface area (Å²) in [7, 11) is 0. The van der Waals surface area contributed by atoms with Crippen LogP contribution in [0.5, 0.6) is 0 Å². The van der Waals surface area contributed by atoms with Crippen LogP contribution in [0.4, 0.5) is 0 Å². The van der Waals surface area contributed by atoms with Crippen LogP contribution in [0.3, 0.4) is 0 Å². The molecule has 5 aliphatic carbocycles. The molecular formula is C17H26N2O2. The third kappa shape index (κ3) is 2.47. The smallest absolute Gasteiger partial charge is 0.309 e. The summed E-state index contributed by atoms with van der Waals surface area (Å²) < 4.78 is 0. The maximum absolute atomic E-state index is 12.1. The van der Waals surface area contributed by atoms with Gasteiger partial charge in [0.15, 0.2) is 0 Å². The zero-order chi connectivity index (χ0) is 14.6. The van der Waals surface area contributed by atoms with Crippen LogP contribution in [0.2, 0.25) is 0 Å². The summed E-state index contributed by atoms with van der Waals surface area (Å²) in [5.41, 5.74) is 0.268. The Balaban J connectivity index is 1.41. The third-order valence-corrected chi connectivity index (χ3v) is 6.47. The summed E-state index contributed by atoms with van der Waals surface area (Å²) in [5.74, 6) is 1.75. The van der Waals surface area contributed by atoms with E-state index in [1.807, 2.05) is 0 Å². The van der Waals surface area contributed by atoms with Crippen LogP contribution >= 0.6 is 0 Å². The highest BCUT2D eigenvalue weighted by atomic mass is 16.2. The van der Waals surface area contributed by atoms with Crippen molar-refractivity contribution in [1.29, 1.82) is 0 Å². The van der Waals surface area contributed by atoms with Crippen molar-refractivity contribution in [3.05, 3.63) is 0 Å². The Bertz CT molecular complexity index is 434. The molecule has 5 rings (SSSR count). The van der Waals surface area contributed by atoms with E-state index in [-0.39, 0.29) is 17.5 Å². The number of carbonyl (C=O) groups is 2. The third-order valence-electron chi connectivity index (χ3n) is 6.47. The molecule has 2 amide bonds. The second-order valence-corrected chi connectivity index (χ2v) is 8.22. The highest BCUT2D eigenvalue weighted by Gasteiger charge is 2.53. The molecule has 0 saturated heterocycles. The second kappa shape index (κ2) is 4.72. The molecule has 4 bridgehead atoms. The average Bonchev–Trinajstić information content (AvgIpc) is 3.20. The molecule has 116 valence electrons. The first-order valence-corrected chi connectivity index (χ1v) is 8.65. The van der Waals surface area contributed by atoms with Crippen LogP contribution in [-0.2, 0) is 9.59 Å². The van der Waals surface area contributed by atoms with Gasteiger partial charge >= 0.3 is 11.8 Å². The van der Waals surface area contributed by atoms with Crippen LogP contribution in [0.25, 0.3) is 0 Å². The van der Waals surface area contributed by atoms with Gasteiger partial charge < -0.3 is 10.6 Å². The lowest BCUT2D eigenvalue weighted by atomic mass is 9.48. The Kier molecular flexibility index (Phi) is 3.05. The molecule has 5 aliphatic rings. The molecule has 4 heteroatoms. The molecule has 0 aromatic rings. The fraction of sp³-hybridized carbons (Fsp3) is 0.882. The Labute approximate surface area is 126 Å². The highest BCUT2D eigenvalue weighted by molar-refractivity contribution is 6.35. The molecule has 21 heavy (non-hydrogen) atoms. The summed E-state index contributed by atoms with van der Waals surface area (Å²) in [5, 5.41) is 5.80. The van der Waals surface area contributed by atoms with E-state index in [1.165, 1.54) is 38.5 Å². The van der Waals surface area contributed by atoms with Crippen molar-refractivity contribution in [3.63, 3.8) is 0 Å². The average molecular weight is 290 g/mol. The Morgan fingerprint density at radius 1 is 0.952 bits per heavy atom. The Hall–Kier alpha value is -1.06. The maximum atomic E-state index is 12.1. The number of carbonyl (C=O) groups excluding carboxylic acids is 2. The minimum Gasteiger partial charge on any atom is -0.345 e. The van der Waals surface area contributed by atoms with Gasteiger partial charge in [0, 0.05) is 12.1 Å². The summed E-state index contributed by atoms with van der Waals surface area (Å²) in [6.07, 6.45) is 10.0. The zero-order valence-corrected chi connectivity index (χ0v) is 12.9. The summed E-state index contributed by atoms with van der Waals surface area (Å²) in [6, 6.07) is 0.376. The molecule has 0 aromatic carbocycles. The number of nitrogens with one attached hydrogen (secondary N) is 2. The number of hydrogen-bond acceptors (Lipinski definition) is 2. The molecule has 0 aromatic heterocycles. The van der Waals surface area contributed by atoms with E-state index < -0.39 is 11.8 Å². The van der Waals surface area contributed by atoms with Gasteiger partial charge in [-0.3, -0.25) is 9.59 Å². The standard InChI is InChI=1S/C17H26N2O2/c1-10(18-15(20)16(21)19-14-2-3-14)17-7-11-4-12(8-17)6-13(5-11)9-17/h10-14H,2-9H2,1H3,(H,18,20)(H,19,21). The molecule has 0 heterocycles. The van der Waals surface area contributed by atoms with Crippen molar-refractivity contribution in [2.45, 2.75) is 70.4 Å². The van der Waals surface area contributed by atoms with Gasteiger partial charge in [0.25, 0.3) is 0 Å². The predicted molar refractivity (Wildman–Crippen MR) is 79.4 cm³/mol. The molecule has 4 nitrogen and oxygen atoms in total. The molecule has 1 unspecified atom stereocenters. The van der Waals surface area contributed by atoms with Gasteiger partial charge in [0.1, 0.15) is 0 Å². The van der Waals surface area contributed by atoms with Crippen molar-refractivity contribution >= 4 is 11.8 Å². The first-order chi connectivity index (χ1) is 10.0. The van der Waals surface area contributed by atoms with Gasteiger partial charge in [-0.1, -0.05) is 0 Å². The largest absolute Gasteiger partial charge is 0.345 e. The van der Waals surface area contributed by atoms with Crippen LogP contribution < -0.4 is 10.6 Å². The second-order valence-electron chi connectivity index (χ2n) is 8.22. The van der Waals surface area contributed by atoms with Gasteiger partial charge in [-0.05, 0) is 81.5 Å². The van der Waals surface area contributed by atoms with E-state index in [0.717, 1.165) is 30.6 Å². The molecule has 0 aliphatic heterocycles. The Morgan fingerprint density at radius 3 is 1.95 bits per heavy atom. The van der Waals surface area contributed by atoms with E-state index >= 15 is 0 Å². The van der Waals surface area contributed by atoms with E-state index in [0.29, 0.717) is 0 Å². The van der Waals surface area contributed by atoms with Crippen molar-refractivity contribution in [2.75, 3.05) is 0 Å². The van der Waals surface area contributed by atoms with Gasteiger partial charge in [0.05, 0.1) is 0 Å². The molecular weight excluding hydrogens is 264 g/mol. The molecule has 5 fully saturated rings. The number of amides is 2. The summed E-state index contributed by atoms with van der Waals surface area (Å²) >= 11 is 0. The van der Waals surface area contributed by atoms with Crippen molar-refractivity contribution < 1.29 is 9.59 Å². The summed E-state index contributed by atoms with van der Waals surface area (Å²) in [4.78, 5) is 23.9. The van der Waals surface area contributed by atoms with E-state index in [9.17, 15) is 9.59 Å². The lowest BCUT2D eigenvalue weighted by Gasteiger charge is -2.59. The van der Waals surface area contributed by atoms with Crippen LogP contribution in [0.15, 0.2) is 0 Å². The minimum absolute atomic E-state index is 0.128. The normalized spacial score (nSPS) is 41.7. The molecule has 0 radical (unpaired) electrons. The van der Waals surface area contributed by atoms with Gasteiger partial charge in [0.2, 0.25) is 0 Å². The quantitative estimate of drug-likeness (QED) is 0.781. The molecule has 5 saturated carbocycles. The SMILES string of the molecule is CC(NC(=O)C(=O)NC1CC1)C12CC3CC(CC(C3)C1)C2. The Morgan fingerprint density at radius 2 is 1.48 bits per heavy atom. The zero-order valence-electron chi connectivity index (χ0n) is 12.9.